The molecule has 0 N–H and O–H groups in total. The zero-order valence-electron chi connectivity index (χ0n) is 10.2. The average molecular weight is 263 g/mol. The van der Waals surface area contributed by atoms with Crippen LogP contribution in [0.3, 0.4) is 0 Å². The fraction of sp³-hybridized carbons (Fsp3) is 1.00. The summed E-state index contributed by atoms with van der Waals surface area (Å²) in [5.74, 6) is 1.96. The minimum Gasteiger partial charge on any atom is -0.0928 e. The summed E-state index contributed by atoms with van der Waals surface area (Å²) in [7, 11) is 0. The van der Waals surface area contributed by atoms with Crippen LogP contribution in [0.1, 0.15) is 65.7 Å². The van der Waals surface area contributed by atoms with E-state index in [0.29, 0.717) is 0 Å². The molecule has 0 fully saturated rings. The molecule has 0 amide bonds. The topological polar surface area (TPSA) is 0 Å². The smallest absolute Gasteiger partial charge is 0.00314 e. The van der Waals surface area contributed by atoms with Gasteiger partial charge in [-0.25, -0.2) is 0 Å². The van der Waals surface area contributed by atoms with Crippen LogP contribution in [-0.4, -0.2) is 5.33 Å². The Bertz CT molecular complexity index is 112. The van der Waals surface area contributed by atoms with Crippen molar-refractivity contribution in [3.63, 3.8) is 0 Å². The van der Waals surface area contributed by atoms with Crippen LogP contribution in [0, 0.1) is 11.8 Å². The maximum Gasteiger partial charge on any atom is 0.00314 e. The molecular weight excluding hydrogens is 236 g/mol. The van der Waals surface area contributed by atoms with Crippen molar-refractivity contribution in [3.8, 4) is 0 Å². The van der Waals surface area contributed by atoms with E-state index in [2.05, 4.69) is 36.7 Å². The van der Waals surface area contributed by atoms with Gasteiger partial charge in [0, 0.05) is 5.33 Å². The van der Waals surface area contributed by atoms with Crippen molar-refractivity contribution in [2.75, 3.05) is 5.33 Å². The minimum atomic E-state index is 0.976. The van der Waals surface area contributed by atoms with Crippen LogP contribution in [0.4, 0.5) is 0 Å². The maximum atomic E-state index is 3.52. The highest BCUT2D eigenvalue weighted by Gasteiger charge is 2.12. The maximum absolute atomic E-state index is 3.52. The molecule has 0 nitrogen and oxygen atoms in total. The molecule has 0 aromatic rings. The third-order valence-corrected chi connectivity index (χ3v) is 3.83. The number of alkyl halides is 1. The van der Waals surface area contributed by atoms with Crippen molar-refractivity contribution >= 4 is 15.9 Å². The summed E-state index contributed by atoms with van der Waals surface area (Å²) >= 11 is 3.52. The molecule has 0 aromatic carbocycles. The second-order valence-corrected chi connectivity index (χ2v) is 5.20. The lowest BCUT2D eigenvalue weighted by Crippen LogP contribution is -2.08. The SMILES string of the molecule is CCCC(CC)CC(CC)CCCBr. The molecule has 0 aliphatic rings. The Kier molecular flexibility index (Phi) is 10.4. The fourth-order valence-electron chi connectivity index (χ4n) is 2.22. The second kappa shape index (κ2) is 10.0. The summed E-state index contributed by atoms with van der Waals surface area (Å²) in [6.45, 7) is 7.00. The van der Waals surface area contributed by atoms with E-state index in [0.717, 1.165) is 11.8 Å². The molecular formula is C13H27Br. The molecule has 2 atom stereocenters. The Balaban J connectivity index is 3.75. The molecule has 0 radical (unpaired) electrons. The first kappa shape index (κ1) is 14.5. The second-order valence-electron chi connectivity index (χ2n) is 4.40. The zero-order valence-corrected chi connectivity index (χ0v) is 11.8. The van der Waals surface area contributed by atoms with E-state index < -0.39 is 0 Å². The summed E-state index contributed by atoms with van der Waals surface area (Å²) in [6.07, 6.45) is 9.76. The van der Waals surface area contributed by atoms with Crippen LogP contribution in [0.25, 0.3) is 0 Å². The first-order valence-electron chi connectivity index (χ1n) is 6.34. The summed E-state index contributed by atoms with van der Waals surface area (Å²) in [6, 6.07) is 0. The van der Waals surface area contributed by atoms with Crippen LogP contribution in [0.15, 0.2) is 0 Å². The first-order valence-corrected chi connectivity index (χ1v) is 7.46. The van der Waals surface area contributed by atoms with Gasteiger partial charge in [0.2, 0.25) is 0 Å². The van der Waals surface area contributed by atoms with Gasteiger partial charge in [0.25, 0.3) is 0 Å². The van der Waals surface area contributed by atoms with Gasteiger partial charge in [-0.3, -0.25) is 0 Å². The minimum absolute atomic E-state index is 0.976. The van der Waals surface area contributed by atoms with Gasteiger partial charge in [-0.15, -0.1) is 0 Å². The quantitative estimate of drug-likeness (QED) is 0.488. The number of hydrogen-bond donors (Lipinski definition) is 0. The molecule has 0 bridgehead atoms. The molecule has 0 aromatic heterocycles. The molecule has 0 saturated heterocycles. The summed E-state index contributed by atoms with van der Waals surface area (Å²) in [5, 5.41) is 1.17. The summed E-state index contributed by atoms with van der Waals surface area (Å²) < 4.78 is 0. The van der Waals surface area contributed by atoms with E-state index >= 15 is 0 Å². The van der Waals surface area contributed by atoms with Gasteiger partial charge in [0.05, 0.1) is 0 Å². The molecule has 0 heterocycles. The van der Waals surface area contributed by atoms with Crippen LogP contribution in [0.5, 0.6) is 0 Å². The molecule has 0 aliphatic heterocycles. The Morgan fingerprint density at radius 2 is 1.50 bits per heavy atom. The molecule has 14 heavy (non-hydrogen) atoms. The van der Waals surface area contributed by atoms with Gasteiger partial charge in [-0.05, 0) is 31.1 Å². The first-order chi connectivity index (χ1) is 6.78. The van der Waals surface area contributed by atoms with E-state index in [-0.39, 0.29) is 0 Å². The van der Waals surface area contributed by atoms with Crippen LogP contribution >= 0.6 is 15.9 Å². The normalized spacial score (nSPS) is 15.4. The molecule has 0 rings (SSSR count). The Morgan fingerprint density at radius 1 is 0.929 bits per heavy atom. The average Bonchev–Trinajstić information content (AvgIpc) is 2.22. The number of halogens is 1. The lowest BCUT2D eigenvalue weighted by Gasteiger charge is -2.21. The van der Waals surface area contributed by atoms with Gasteiger partial charge in [-0.2, -0.15) is 0 Å². The number of hydrogen-bond acceptors (Lipinski definition) is 0. The summed E-state index contributed by atoms with van der Waals surface area (Å²) in [4.78, 5) is 0. The molecule has 86 valence electrons. The highest BCUT2D eigenvalue weighted by molar-refractivity contribution is 9.09. The van der Waals surface area contributed by atoms with Gasteiger partial charge < -0.3 is 0 Å². The highest BCUT2D eigenvalue weighted by atomic mass is 79.9. The predicted molar refractivity (Wildman–Crippen MR) is 70.1 cm³/mol. The molecule has 1 heteroatoms. The van der Waals surface area contributed by atoms with Gasteiger partial charge in [0.15, 0.2) is 0 Å². The lowest BCUT2D eigenvalue weighted by molar-refractivity contribution is 0.319. The third kappa shape index (κ3) is 6.86. The van der Waals surface area contributed by atoms with E-state index in [1.54, 1.807) is 0 Å². The Morgan fingerprint density at radius 3 is 1.93 bits per heavy atom. The molecule has 0 saturated carbocycles. The lowest BCUT2D eigenvalue weighted by atomic mass is 9.86. The van der Waals surface area contributed by atoms with E-state index in [9.17, 15) is 0 Å². The van der Waals surface area contributed by atoms with E-state index in [1.807, 2.05) is 0 Å². The fourth-order valence-corrected chi connectivity index (χ4v) is 2.55. The zero-order chi connectivity index (χ0) is 10.8. The third-order valence-electron chi connectivity index (χ3n) is 3.26. The van der Waals surface area contributed by atoms with Crippen molar-refractivity contribution in [1.82, 2.24) is 0 Å². The van der Waals surface area contributed by atoms with Crippen molar-refractivity contribution < 1.29 is 0 Å². The van der Waals surface area contributed by atoms with Gasteiger partial charge in [0.1, 0.15) is 0 Å². The van der Waals surface area contributed by atoms with E-state index in [4.69, 9.17) is 0 Å². The predicted octanol–water partition coefficient (Wildman–Crippen LogP) is 5.40. The van der Waals surface area contributed by atoms with Crippen LogP contribution in [0.2, 0.25) is 0 Å². The largest absolute Gasteiger partial charge is 0.0928 e. The van der Waals surface area contributed by atoms with E-state index in [1.165, 1.54) is 50.3 Å². The standard InChI is InChI=1S/C13H27Br/c1-4-8-12(5-2)11-13(6-3)9-7-10-14/h12-13H,4-11H2,1-3H3. The molecule has 0 spiro atoms. The van der Waals surface area contributed by atoms with Crippen molar-refractivity contribution in [3.05, 3.63) is 0 Å². The van der Waals surface area contributed by atoms with Crippen molar-refractivity contribution in [2.24, 2.45) is 11.8 Å². The molecule has 0 aliphatic carbocycles. The summed E-state index contributed by atoms with van der Waals surface area (Å²) in [5.41, 5.74) is 0. The van der Waals surface area contributed by atoms with Crippen LogP contribution in [-0.2, 0) is 0 Å². The molecule has 2 unspecified atom stereocenters. The number of rotatable bonds is 9. The van der Waals surface area contributed by atoms with Crippen molar-refractivity contribution in [2.45, 2.75) is 65.7 Å². The highest BCUT2D eigenvalue weighted by Crippen LogP contribution is 2.25. The Labute approximate surface area is 99.0 Å². The monoisotopic (exact) mass is 262 g/mol. The van der Waals surface area contributed by atoms with Gasteiger partial charge >= 0.3 is 0 Å². The van der Waals surface area contributed by atoms with Crippen molar-refractivity contribution in [1.29, 1.82) is 0 Å². The van der Waals surface area contributed by atoms with Gasteiger partial charge in [-0.1, -0.05) is 62.4 Å². The Hall–Kier alpha value is 0.480. The van der Waals surface area contributed by atoms with Crippen LogP contribution < -0.4 is 0 Å².